The zero-order chi connectivity index (χ0) is 36.7. The van der Waals surface area contributed by atoms with E-state index in [2.05, 4.69) is 207 Å². The molecule has 9 aromatic carbocycles. The van der Waals surface area contributed by atoms with Gasteiger partial charge < -0.3 is 9.32 Å². The number of furan rings is 1. The van der Waals surface area contributed by atoms with Crippen LogP contribution in [0, 0.1) is 0 Å². The minimum absolute atomic E-state index is 0.111. The van der Waals surface area contributed by atoms with Gasteiger partial charge in [0.15, 0.2) is 0 Å². The van der Waals surface area contributed by atoms with Crippen molar-refractivity contribution in [3.8, 4) is 33.4 Å². The first-order valence-electron chi connectivity index (χ1n) is 19.1. The fourth-order valence-corrected chi connectivity index (χ4v) is 9.15. The highest BCUT2D eigenvalue weighted by Gasteiger charge is 2.35. The molecule has 0 atom stereocenters. The van der Waals surface area contributed by atoms with E-state index in [9.17, 15) is 0 Å². The van der Waals surface area contributed by atoms with Gasteiger partial charge in [-0.25, -0.2) is 0 Å². The van der Waals surface area contributed by atoms with Crippen molar-refractivity contribution >= 4 is 60.5 Å². The average molecular weight is 704 g/mol. The third kappa shape index (κ3) is 4.88. The maximum Gasteiger partial charge on any atom is 0.143 e. The van der Waals surface area contributed by atoms with Crippen molar-refractivity contribution in [1.29, 1.82) is 0 Å². The summed E-state index contributed by atoms with van der Waals surface area (Å²) in [4.78, 5) is 2.41. The molecule has 0 unspecified atom stereocenters. The number of anilines is 3. The molecule has 55 heavy (non-hydrogen) atoms. The lowest BCUT2D eigenvalue weighted by molar-refractivity contribution is 0.660. The summed E-state index contributed by atoms with van der Waals surface area (Å²) in [5.41, 5.74) is 15.2. The zero-order valence-corrected chi connectivity index (χ0v) is 30.8. The molecule has 1 aromatic heterocycles. The summed E-state index contributed by atoms with van der Waals surface area (Å²) >= 11 is 0. The molecule has 0 aliphatic heterocycles. The van der Waals surface area contributed by atoms with Crippen molar-refractivity contribution in [2.45, 2.75) is 19.3 Å². The van der Waals surface area contributed by atoms with Crippen LogP contribution < -0.4 is 4.90 Å². The zero-order valence-electron chi connectivity index (χ0n) is 30.8. The first kappa shape index (κ1) is 31.6. The Morgan fingerprint density at radius 3 is 1.91 bits per heavy atom. The molecule has 0 saturated heterocycles. The first-order valence-corrected chi connectivity index (χ1v) is 19.1. The lowest BCUT2D eigenvalue weighted by Crippen LogP contribution is -2.16. The van der Waals surface area contributed by atoms with Crippen LogP contribution in [0.1, 0.15) is 25.0 Å². The number of hydrogen-bond acceptors (Lipinski definition) is 2. The average Bonchev–Trinajstić information content (AvgIpc) is 3.74. The van der Waals surface area contributed by atoms with Gasteiger partial charge in [-0.2, -0.15) is 0 Å². The molecule has 0 amide bonds. The maximum atomic E-state index is 6.55. The Bertz CT molecular complexity index is 3120. The van der Waals surface area contributed by atoms with E-state index in [1.807, 2.05) is 0 Å². The van der Waals surface area contributed by atoms with Crippen LogP contribution in [0.25, 0.3) is 76.9 Å². The van der Waals surface area contributed by atoms with E-state index in [4.69, 9.17) is 4.42 Å². The van der Waals surface area contributed by atoms with Gasteiger partial charge in [0.1, 0.15) is 11.2 Å². The van der Waals surface area contributed by atoms with Crippen molar-refractivity contribution in [2.24, 2.45) is 0 Å². The molecule has 0 N–H and O–H groups in total. The van der Waals surface area contributed by atoms with Crippen LogP contribution in [0.4, 0.5) is 17.1 Å². The predicted octanol–water partition coefficient (Wildman–Crippen LogP) is 15.0. The van der Waals surface area contributed by atoms with Crippen LogP contribution in [0.2, 0.25) is 0 Å². The fourth-order valence-electron chi connectivity index (χ4n) is 9.15. The summed E-state index contributed by atoms with van der Waals surface area (Å²) in [6, 6.07) is 68.4. The number of nitrogens with zero attached hydrogens (tertiary/aromatic N) is 1. The van der Waals surface area contributed by atoms with Crippen LogP contribution >= 0.6 is 0 Å². The molecule has 0 saturated carbocycles. The SMILES string of the molecule is CC1(C)c2ccccc2-c2ccc(N(c3ccc(-c4cccc5oc6c7ccccc7ccc6c45)cc3)c3cccc(-c4cccc5ccccc45)c3)cc21. The van der Waals surface area contributed by atoms with Crippen molar-refractivity contribution in [3.05, 3.63) is 199 Å². The Morgan fingerprint density at radius 1 is 0.400 bits per heavy atom. The van der Waals surface area contributed by atoms with Gasteiger partial charge in [-0.3, -0.25) is 0 Å². The van der Waals surface area contributed by atoms with Gasteiger partial charge in [0.05, 0.1) is 0 Å². The molecule has 0 spiro atoms. The summed E-state index contributed by atoms with van der Waals surface area (Å²) in [5, 5.41) is 7.11. The van der Waals surface area contributed by atoms with Gasteiger partial charge in [0, 0.05) is 38.6 Å². The minimum Gasteiger partial charge on any atom is -0.455 e. The van der Waals surface area contributed by atoms with E-state index >= 15 is 0 Å². The molecular weight excluding hydrogens is 667 g/mol. The molecule has 0 fully saturated rings. The topological polar surface area (TPSA) is 16.4 Å². The van der Waals surface area contributed by atoms with Crippen molar-refractivity contribution in [2.75, 3.05) is 4.90 Å². The summed E-state index contributed by atoms with van der Waals surface area (Å²) in [5.74, 6) is 0. The van der Waals surface area contributed by atoms with E-state index in [0.29, 0.717) is 0 Å². The molecule has 1 aliphatic rings. The Balaban J connectivity index is 1.07. The lowest BCUT2D eigenvalue weighted by atomic mass is 9.82. The highest BCUT2D eigenvalue weighted by Crippen LogP contribution is 2.51. The van der Waals surface area contributed by atoms with Crippen LogP contribution in [0.3, 0.4) is 0 Å². The van der Waals surface area contributed by atoms with Gasteiger partial charge >= 0.3 is 0 Å². The van der Waals surface area contributed by atoms with Crippen molar-refractivity contribution in [3.63, 3.8) is 0 Å². The predicted molar refractivity (Wildman–Crippen MR) is 232 cm³/mol. The maximum absolute atomic E-state index is 6.55. The molecule has 1 heterocycles. The van der Waals surface area contributed by atoms with Crippen molar-refractivity contribution < 1.29 is 4.42 Å². The Kier molecular flexibility index (Phi) is 6.93. The van der Waals surface area contributed by atoms with Gasteiger partial charge in [0.2, 0.25) is 0 Å². The summed E-state index contributed by atoms with van der Waals surface area (Å²) in [6.45, 7) is 4.70. The van der Waals surface area contributed by atoms with Crippen molar-refractivity contribution in [1.82, 2.24) is 0 Å². The number of fused-ring (bicyclic) bond motifs is 9. The van der Waals surface area contributed by atoms with E-state index in [-0.39, 0.29) is 5.41 Å². The van der Waals surface area contributed by atoms with Crippen LogP contribution in [0.15, 0.2) is 192 Å². The Morgan fingerprint density at radius 2 is 1.04 bits per heavy atom. The monoisotopic (exact) mass is 703 g/mol. The van der Waals surface area contributed by atoms with Gasteiger partial charge in [-0.1, -0.05) is 153 Å². The smallest absolute Gasteiger partial charge is 0.143 e. The number of benzene rings is 9. The molecule has 0 radical (unpaired) electrons. The Labute approximate surface area is 320 Å². The van der Waals surface area contributed by atoms with Gasteiger partial charge in [0.25, 0.3) is 0 Å². The molecule has 2 heteroatoms. The highest BCUT2D eigenvalue weighted by atomic mass is 16.3. The third-order valence-corrected chi connectivity index (χ3v) is 11.9. The summed E-state index contributed by atoms with van der Waals surface area (Å²) < 4.78 is 6.55. The summed E-state index contributed by atoms with van der Waals surface area (Å²) in [7, 11) is 0. The van der Waals surface area contributed by atoms with E-state index in [0.717, 1.165) is 50.0 Å². The molecule has 1 aliphatic carbocycles. The fraction of sp³-hybridized carbons (Fsp3) is 0.0566. The van der Waals surface area contributed by atoms with E-state index in [1.165, 1.54) is 55.1 Å². The largest absolute Gasteiger partial charge is 0.455 e. The van der Waals surface area contributed by atoms with E-state index in [1.54, 1.807) is 0 Å². The second-order valence-electron chi connectivity index (χ2n) is 15.3. The molecule has 10 aromatic rings. The Hall–Kier alpha value is -6.90. The van der Waals surface area contributed by atoms with Crippen LogP contribution in [-0.2, 0) is 5.41 Å². The summed E-state index contributed by atoms with van der Waals surface area (Å²) in [6.07, 6.45) is 0. The molecule has 0 bridgehead atoms. The quantitative estimate of drug-likeness (QED) is 0.177. The van der Waals surface area contributed by atoms with Gasteiger partial charge in [-0.05, 0) is 109 Å². The first-order chi connectivity index (χ1) is 27.0. The normalized spacial score (nSPS) is 13.1. The van der Waals surface area contributed by atoms with E-state index < -0.39 is 0 Å². The minimum atomic E-state index is -0.111. The molecule has 11 rings (SSSR count). The van der Waals surface area contributed by atoms with Gasteiger partial charge in [-0.15, -0.1) is 0 Å². The number of rotatable bonds is 5. The highest BCUT2D eigenvalue weighted by molar-refractivity contribution is 6.19. The lowest BCUT2D eigenvalue weighted by Gasteiger charge is -2.28. The second kappa shape index (κ2) is 12.1. The van der Waals surface area contributed by atoms with Crippen LogP contribution in [-0.4, -0.2) is 0 Å². The second-order valence-corrected chi connectivity index (χ2v) is 15.3. The molecule has 260 valence electrons. The third-order valence-electron chi connectivity index (χ3n) is 11.9. The molecular formula is C53H37NO. The standard InChI is InChI=1S/C53H37NO/c1-53(2)48-22-8-7-19-45(48)46-31-29-40(33-49(46)53)54(39-16-9-15-37(32-39)42-20-10-14-34-12-3-5-17-41(34)42)38-27-24-36(25-28-38)43-21-11-23-50-51(43)47-30-26-35-13-4-6-18-44(35)52(47)55-50/h3-33H,1-2H3. The van der Waals surface area contributed by atoms with Crippen LogP contribution in [0.5, 0.6) is 0 Å². The molecule has 2 nitrogen and oxygen atoms in total. The number of hydrogen-bond donors (Lipinski definition) is 0.